The molecule has 1 aliphatic rings. The second-order valence-corrected chi connectivity index (χ2v) is 3.79. The van der Waals surface area contributed by atoms with Crippen molar-refractivity contribution in [3.63, 3.8) is 0 Å². The first kappa shape index (κ1) is 9.46. The first-order chi connectivity index (χ1) is 6.88. The van der Waals surface area contributed by atoms with Crippen molar-refractivity contribution in [1.82, 2.24) is 10.3 Å². The van der Waals surface area contributed by atoms with Crippen molar-refractivity contribution in [2.24, 2.45) is 5.92 Å². The Labute approximate surface area is 84.5 Å². The van der Waals surface area contributed by atoms with Gasteiger partial charge in [-0.15, -0.1) is 0 Å². The van der Waals surface area contributed by atoms with E-state index >= 15 is 0 Å². The van der Waals surface area contributed by atoms with Crippen molar-refractivity contribution in [2.45, 2.75) is 19.4 Å². The second kappa shape index (κ2) is 4.42. The molecule has 0 atom stereocenters. The molecule has 1 aromatic heterocycles. The summed E-state index contributed by atoms with van der Waals surface area (Å²) in [6, 6.07) is 4.00. The number of nitrogens with zero attached hydrogens (tertiary/aromatic N) is 1. The smallest absolute Gasteiger partial charge is 0.213 e. The molecule has 1 aromatic rings. The Kier molecular flexibility index (Phi) is 2.99. The van der Waals surface area contributed by atoms with Crippen molar-refractivity contribution in [1.29, 1.82) is 0 Å². The van der Waals surface area contributed by atoms with Crippen LogP contribution in [0, 0.1) is 5.92 Å². The quantitative estimate of drug-likeness (QED) is 0.769. The molecular weight excluding hydrogens is 176 g/mol. The van der Waals surface area contributed by atoms with Gasteiger partial charge in [0.25, 0.3) is 0 Å². The molecule has 0 radical (unpaired) electrons. The van der Waals surface area contributed by atoms with Gasteiger partial charge >= 0.3 is 0 Å². The molecule has 3 heteroatoms. The summed E-state index contributed by atoms with van der Waals surface area (Å²) in [5.41, 5.74) is 1.22. The molecular formula is C11H16N2O. The van der Waals surface area contributed by atoms with E-state index in [2.05, 4.69) is 10.3 Å². The van der Waals surface area contributed by atoms with Crippen molar-refractivity contribution >= 4 is 0 Å². The molecule has 0 spiro atoms. The Bertz CT molecular complexity index is 297. The Hall–Kier alpha value is -1.09. The van der Waals surface area contributed by atoms with Crippen LogP contribution in [0.5, 0.6) is 5.88 Å². The number of hydrogen-bond acceptors (Lipinski definition) is 3. The third kappa shape index (κ3) is 2.70. The molecule has 2 rings (SSSR count). The van der Waals surface area contributed by atoms with E-state index in [1.54, 1.807) is 6.20 Å². The van der Waals surface area contributed by atoms with Gasteiger partial charge in [0.1, 0.15) is 0 Å². The van der Waals surface area contributed by atoms with Gasteiger partial charge in [0, 0.05) is 18.8 Å². The molecule has 0 bridgehead atoms. The van der Waals surface area contributed by atoms with E-state index in [0.717, 1.165) is 24.9 Å². The minimum absolute atomic E-state index is 0.754. The van der Waals surface area contributed by atoms with Gasteiger partial charge in [0.2, 0.25) is 5.88 Å². The van der Waals surface area contributed by atoms with Gasteiger partial charge in [-0.3, -0.25) is 0 Å². The molecule has 0 saturated heterocycles. The highest BCUT2D eigenvalue weighted by Gasteiger charge is 2.22. The zero-order valence-corrected chi connectivity index (χ0v) is 8.49. The second-order valence-electron chi connectivity index (χ2n) is 3.79. The van der Waals surface area contributed by atoms with E-state index in [0.29, 0.717) is 0 Å². The lowest BCUT2D eigenvalue weighted by atomic mass is 10.2. The van der Waals surface area contributed by atoms with Gasteiger partial charge < -0.3 is 10.1 Å². The lowest BCUT2D eigenvalue weighted by Crippen LogP contribution is -2.06. The summed E-state index contributed by atoms with van der Waals surface area (Å²) < 4.78 is 5.58. The first-order valence-electron chi connectivity index (χ1n) is 5.11. The lowest BCUT2D eigenvalue weighted by molar-refractivity contribution is 0.288. The van der Waals surface area contributed by atoms with Crippen LogP contribution in [0.15, 0.2) is 18.3 Å². The molecule has 0 unspecified atom stereocenters. The molecule has 3 nitrogen and oxygen atoms in total. The van der Waals surface area contributed by atoms with Crippen LogP contribution in [-0.4, -0.2) is 18.6 Å². The number of rotatable bonds is 5. The molecule has 1 aliphatic carbocycles. The summed E-state index contributed by atoms with van der Waals surface area (Å²) in [5, 5.41) is 3.11. The van der Waals surface area contributed by atoms with Gasteiger partial charge in [-0.05, 0) is 37.4 Å². The lowest BCUT2D eigenvalue weighted by Gasteiger charge is -2.05. The number of hydrogen-bond donors (Lipinski definition) is 1. The van der Waals surface area contributed by atoms with Crippen molar-refractivity contribution < 1.29 is 4.74 Å². The maximum absolute atomic E-state index is 5.58. The van der Waals surface area contributed by atoms with Crippen LogP contribution in [0.1, 0.15) is 18.4 Å². The number of ether oxygens (including phenoxy) is 1. The average molecular weight is 192 g/mol. The minimum atomic E-state index is 0.754. The zero-order chi connectivity index (χ0) is 9.80. The largest absolute Gasteiger partial charge is 0.477 e. The molecule has 0 aliphatic heterocycles. The van der Waals surface area contributed by atoms with E-state index in [1.165, 1.54) is 18.4 Å². The standard InChI is InChI=1S/C11H16N2O/c1-12-7-10-4-5-13-11(6-10)14-8-9-2-3-9/h4-6,9,12H,2-3,7-8H2,1H3. The summed E-state index contributed by atoms with van der Waals surface area (Å²) >= 11 is 0. The summed E-state index contributed by atoms with van der Waals surface area (Å²) in [7, 11) is 1.94. The minimum Gasteiger partial charge on any atom is -0.477 e. The summed E-state index contributed by atoms with van der Waals surface area (Å²) in [4.78, 5) is 4.17. The Morgan fingerprint density at radius 2 is 2.43 bits per heavy atom. The van der Waals surface area contributed by atoms with E-state index in [4.69, 9.17) is 4.74 Å². The van der Waals surface area contributed by atoms with E-state index in [1.807, 2.05) is 19.2 Å². The van der Waals surface area contributed by atoms with Crippen LogP contribution in [-0.2, 0) is 6.54 Å². The Morgan fingerprint density at radius 3 is 3.14 bits per heavy atom. The molecule has 76 valence electrons. The number of nitrogens with one attached hydrogen (secondary N) is 1. The third-order valence-corrected chi connectivity index (χ3v) is 2.34. The molecule has 0 amide bonds. The maximum atomic E-state index is 5.58. The van der Waals surface area contributed by atoms with Crippen LogP contribution in [0.25, 0.3) is 0 Å². The molecule has 0 aromatic carbocycles. The highest BCUT2D eigenvalue weighted by molar-refractivity contribution is 5.20. The SMILES string of the molecule is CNCc1ccnc(OCC2CC2)c1. The van der Waals surface area contributed by atoms with Crippen molar-refractivity contribution in [3.8, 4) is 5.88 Å². The summed E-state index contributed by atoms with van der Waals surface area (Å²) in [5.74, 6) is 1.54. The highest BCUT2D eigenvalue weighted by atomic mass is 16.5. The van der Waals surface area contributed by atoms with Gasteiger partial charge in [-0.25, -0.2) is 4.98 Å². The maximum Gasteiger partial charge on any atom is 0.213 e. The summed E-state index contributed by atoms with van der Waals surface area (Å²) in [6.07, 6.45) is 4.43. The Balaban J connectivity index is 1.90. The van der Waals surface area contributed by atoms with E-state index in [-0.39, 0.29) is 0 Å². The van der Waals surface area contributed by atoms with Crippen LogP contribution >= 0.6 is 0 Å². The van der Waals surface area contributed by atoms with Gasteiger partial charge in [-0.1, -0.05) is 0 Å². The molecule has 1 heterocycles. The fourth-order valence-corrected chi connectivity index (χ4v) is 1.33. The van der Waals surface area contributed by atoms with Crippen molar-refractivity contribution in [2.75, 3.05) is 13.7 Å². The fourth-order valence-electron chi connectivity index (χ4n) is 1.33. The van der Waals surface area contributed by atoms with Crippen LogP contribution in [0.3, 0.4) is 0 Å². The van der Waals surface area contributed by atoms with Crippen LogP contribution in [0.4, 0.5) is 0 Å². The number of aromatic nitrogens is 1. The number of pyridine rings is 1. The monoisotopic (exact) mass is 192 g/mol. The predicted molar refractivity (Wildman–Crippen MR) is 55.2 cm³/mol. The Morgan fingerprint density at radius 1 is 1.57 bits per heavy atom. The van der Waals surface area contributed by atoms with Gasteiger partial charge in [0.15, 0.2) is 0 Å². The van der Waals surface area contributed by atoms with Crippen LogP contribution < -0.4 is 10.1 Å². The average Bonchev–Trinajstić information content (AvgIpc) is 2.99. The molecule has 1 saturated carbocycles. The topological polar surface area (TPSA) is 34.2 Å². The zero-order valence-electron chi connectivity index (χ0n) is 8.49. The highest BCUT2D eigenvalue weighted by Crippen LogP contribution is 2.29. The van der Waals surface area contributed by atoms with Crippen molar-refractivity contribution in [3.05, 3.63) is 23.9 Å². The first-order valence-corrected chi connectivity index (χ1v) is 5.11. The predicted octanol–water partition coefficient (Wildman–Crippen LogP) is 1.59. The third-order valence-electron chi connectivity index (χ3n) is 2.34. The van der Waals surface area contributed by atoms with Crippen LogP contribution in [0.2, 0.25) is 0 Å². The molecule has 1 fully saturated rings. The van der Waals surface area contributed by atoms with E-state index in [9.17, 15) is 0 Å². The molecule has 1 N–H and O–H groups in total. The summed E-state index contributed by atoms with van der Waals surface area (Å²) in [6.45, 7) is 1.69. The van der Waals surface area contributed by atoms with Gasteiger partial charge in [0.05, 0.1) is 6.61 Å². The fraction of sp³-hybridized carbons (Fsp3) is 0.545. The van der Waals surface area contributed by atoms with E-state index < -0.39 is 0 Å². The normalized spacial score (nSPS) is 15.5. The molecule has 14 heavy (non-hydrogen) atoms. The van der Waals surface area contributed by atoms with Gasteiger partial charge in [-0.2, -0.15) is 0 Å².